The van der Waals surface area contributed by atoms with E-state index in [9.17, 15) is 5.11 Å². The zero-order chi connectivity index (χ0) is 21.6. The number of aromatic hydroxyl groups is 1. The molecule has 1 aliphatic carbocycles. The first-order chi connectivity index (χ1) is 15.2. The molecule has 0 fully saturated rings. The summed E-state index contributed by atoms with van der Waals surface area (Å²) in [5, 5.41) is 10.7. The van der Waals surface area contributed by atoms with Gasteiger partial charge in [0.2, 0.25) is 0 Å². The van der Waals surface area contributed by atoms with E-state index in [1.54, 1.807) is 6.21 Å². The Labute approximate surface area is 200 Å². The van der Waals surface area contributed by atoms with Crippen molar-refractivity contribution in [2.24, 2.45) is 4.99 Å². The molecule has 0 aromatic heterocycles. The SMILES string of the molecule is Oc1c(C=Nc2ccc3c(c2)Cc2ccccc2-3)cccc1-c1ccccc1.[Cl][Zr][Cl]. The first-order valence-corrected chi connectivity index (χ1v) is 16.1. The van der Waals surface area contributed by atoms with Crippen LogP contribution in [0.2, 0.25) is 0 Å². The van der Waals surface area contributed by atoms with Gasteiger partial charge in [-0.1, -0.05) is 72.8 Å². The van der Waals surface area contributed by atoms with Gasteiger partial charge in [-0.05, 0) is 52.4 Å². The van der Waals surface area contributed by atoms with Gasteiger partial charge in [0.15, 0.2) is 0 Å². The molecule has 4 aromatic rings. The molecular weight excluding hydrogens is 504 g/mol. The number of phenolic OH excluding ortho intramolecular Hbond substituents is 1. The summed E-state index contributed by atoms with van der Waals surface area (Å²) in [6, 6.07) is 30.5. The zero-order valence-corrected chi connectivity index (χ0v) is 20.6. The Kier molecular flexibility index (Phi) is 7.40. The van der Waals surface area contributed by atoms with E-state index >= 15 is 0 Å². The van der Waals surface area contributed by atoms with E-state index in [0.717, 1.165) is 23.2 Å². The predicted octanol–water partition coefficient (Wildman–Crippen LogP) is 7.76. The molecule has 0 unspecified atom stereocenters. The molecule has 5 heteroatoms. The maximum atomic E-state index is 10.7. The average Bonchev–Trinajstić information content (AvgIpc) is 3.17. The van der Waals surface area contributed by atoms with E-state index in [-0.39, 0.29) is 5.75 Å². The normalized spacial score (nSPS) is 11.4. The predicted molar refractivity (Wildman–Crippen MR) is 127 cm³/mol. The van der Waals surface area contributed by atoms with Crippen LogP contribution in [-0.2, 0) is 27.3 Å². The van der Waals surface area contributed by atoms with Crippen LogP contribution < -0.4 is 0 Å². The molecule has 2 nitrogen and oxygen atoms in total. The molecule has 0 spiro atoms. The second-order valence-corrected chi connectivity index (χ2v) is 10.8. The van der Waals surface area contributed by atoms with E-state index in [2.05, 4.69) is 41.4 Å². The summed E-state index contributed by atoms with van der Waals surface area (Å²) in [4.78, 5) is 4.63. The minimum atomic E-state index is -0.826. The van der Waals surface area contributed by atoms with Gasteiger partial charge in [-0.25, -0.2) is 0 Å². The molecule has 0 saturated carbocycles. The Hall–Kier alpha value is -2.19. The Morgan fingerprint density at radius 1 is 0.742 bits per heavy atom. The number of rotatable bonds is 3. The van der Waals surface area contributed by atoms with Crippen LogP contribution >= 0.6 is 17.0 Å². The molecule has 152 valence electrons. The Morgan fingerprint density at radius 2 is 1.42 bits per heavy atom. The summed E-state index contributed by atoms with van der Waals surface area (Å²) in [7, 11) is 9.87. The number of benzene rings is 4. The van der Waals surface area contributed by atoms with Crippen LogP contribution in [0.1, 0.15) is 16.7 Å². The van der Waals surface area contributed by atoms with E-state index < -0.39 is 20.8 Å². The van der Waals surface area contributed by atoms with Crippen molar-refractivity contribution in [3.05, 3.63) is 108 Å². The standard InChI is InChI=1S/C26H19NO.2ClH.Zr/c28-26-20(10-6-12-25(26)18-7-2-1-3-8-18)17-27-22-13-14-24-21(16-22)15-19-9-4-5-11-23(19)24;;;/h1-14,16-17,28H,15H2;2*1H;/q;;;+2/p-2. The number of aliphatic imine (C=N–C) groups is 1. The van der Waals surface area contributed by atoms with Crippen molar-refractivity contribution >= 4 is 28.9 Å². The fraction of sp³-hybridized carbons (Fsp3) is 0.0385. The van der Waals surface area contributed by atoms with Crippen LogP contribution in [0.15, 0.2) is 96.0 Å². The van der Waals surface area contributed by atoms with Crippen molar-refractivity contribution in [3.63, 3.8) is 0 Å². The molecule has 31 heavy (non-hydrogen) atoms. The average molecular weight is 524 g/mol. The van der Waals surface area contributed by atoms with Gasteiger partial charge >= 0.3 is 37.9 Å². The number of hydrogen-bond acceptors (Lipinski definition) is 2. The van der Waals surface area contributed by atoms with Crippen LogP contribution in [0, 0.1) is 0 Å². The number of fused-ring (bicyclic) bond motifs is 3. The minimum absolute atomic E-state index is 0.256. The molecular formula is C26H19Cl2NOZr. The third-order valence-corrected chi connectivity index (χ3v) is 5.28. The van der Waals surface area contributed by atoms with Gasteiger partial charge in [-0.15, -0.1) is 0 Å². The molecule has 0 amide bonds. The Morgan fingerprint density at radius 3 is 2.23 bits per heavy atom. The Bertz CT molecular complexity index is 1230. The van der Waals surface area contributed by atoms with Crippen LogP contribution in [0.25, 0.3) is 22.3 Å². The first-order valence-electron chi connectivity index (χ1n) is 9.80. The number of phenols is 1. The van der Waals surface area contributed by atoms with Crippen LogP contribution in [0.3, 0.4) is 0 Å². The van der Waals surface area contributed by atoms with Crippen molar-refractivity contribution in [1.29, 1.82) is 0 Å². The fourth-order valence-electron chi connectivity index (χ4n) is 3.87. The van der Waals surface area contributed by atoms with E-state index in [0.29, 0.717) is 5.56 Å². The third kappa shape index (κ3) is 5.01. The molecule has 1 aliphatic rings. The molecule has 0 aliphatic heterocycles. The zero-order valence-electron chi connectivity index (χ0n) is 16.6. The van der Waals surface area contributed by atoms with Crippen molar-refractivity contribution in [2.75, 3.05) is 0 Å². The van der Waals surface area contributed by atoms with Crippen molar-refractivity contribution in [3.8, 4) is 28.0 Å². The molecule has 0 saturated heterocycles. The fourth-order valence-corrected chi connectivity index (χ4v) is 3.87. The molecule has 0 bridgehead atoms. The van der Waals surface area contributed by atoms with Gasteiger partial charge in [0.1, 0.15) is 5.75 Å². The summed E-state index contributed by atoms with van der Waals surface area (Å²) in [5.41, 5.74) is 8.70. The van der Waals surface area contributed by atoms with E-state index in [4.69, 9.17) is 17.0 Å². The van der Waals surface area contributed by atoms with Crippen molar-refractivity contribution < 1.29 is 26.0 Å². The van der Waals surface area contributed by atoms with Crippen LogP contribution in [-0.4, -0.2) is 11.3 Å². The number of halogens is 2. The molecule has 0 radical (unpaired) electrons. The quantitative estimate of drug-likeness (QED) is 0.241. The first kappa shape index (κ1) is 22.0. The Balaban J connectivity index is 0.000000730. The van der Waals surface area contributed by atoms with Gasteiger partial charge in [0.05, 0.1) is 5.69 Å². The third-order valence-electron chi connectivity index (χ3n) is 5.28. The van der Waals surface area contributed by atoms with E-state index in [1.807, 2.05) is 54.6 Å². The second kappa shape index (κ2) is 10.4. The molecule has 4 aromatic carbocycles. The van der Waals surface area contributed by atoms with Crippen molar-refractivity contribution in [1.82, 2.24) is 0 Å². The van der Waals surface area contributed by atoms with Gasteiger partial charge in [-0.2, -0.15) is 0 Å². The molecule has 0 atom stereocenters. The molecule has 0 heterocycles. The summed E-state index contributed by atoms with van der Waals surface area (Å²) in [6.45, 7) is 0. The van der Waals surface area contributed by atoms with Gasteiger partial charge in [-0.3, -0.25) is 4.99 Å². The van der Waals surface area contributed by atoms with Gasteiger partial charge in [0.25, 0.3) is 0 Å². The topological polar surface area (TPSA) is 32.6 Å². The second-order valence-electron chi connectivity index (χ2n) is 7.11. The summed E-state index contributed by atoms with van der Waals surface area (Å²) in [5.74, 6) is 0.256. The van der Waals surface area contributed by atoms with Crippen LogP contribution in [0.5, 0.6) is 5.75 Å². The number of nitrogens with zero attached hydrogens (tertiary/aromatic N) is 1. The monoisotopic (exact) mass is 521 g/mol. The maximum absolute atomic E-state index is 10.7. The number of hydrogen-bond donors (Lipinski definition) is 1. The summed E-state index contributed by atoms with van der Waals surface area (Å²) < 4.78 is 0. The molecule has 1 N–H and O–H groups in total. The summed E-state index contributed by atoms with van der Waals surface area (Å²) in [6.07, 6.45) is 2.69. The van der Waals surface area contributed by atoms with Crippen LogP contribution in [0.4, 0.5) is 5.69 Å². The van der Waals surface area contributed by atoms with Crippen molar-refractivity contribution in [2.45, 2.75) is 6.42 Å². The van der Waals surface area contributed by atoms with Gasteiger partial charge in [0, 0.05) is 17.3 Å². The summed E-state index contributed by atoms with van der Waals surface area (Å²) >= 11 is -0.826. The molecule has 5 rings (SSSR count). The van der Waals surface area contributed by atoms with Gasteiger partial charge < -0.3 is 5.11 Å². The number of para-hydroxylation sites is 1. The van der Waals surface area contributed by atoms with E-state index in [1.165, 1.54) is 22.3 Å².